The average molecular weight is 265 g/mol. The zero-order valence-corrected chi connectivity index (χ0v) is 10.2. The summed E-state index contributed by atoms with van der Waals surface area (Å²) in [7, 11) is 1.32. The molecule has 4 nitrogen and oxygen atoms in total. The van der Waals surface area contributed by atoms with Gasteiger partial charge in [-0.1, -0.05) is 12.1 Å². The van der Waals surface area contributed by atoms with Crippen LogP contribution >= 0.6 is 11.6 Å². The lowest BCUT2D eigenvalue weighted by atomic mass is 10.1. The van der Waals surface area contributed by atoms with E-state index in [1.807, 2.05) is 0 Å². The van der Waals surface area contributed by atoms with E-state index >= 15 is 0 Å². The van der Waals surface area contributed by atoms with Crippen LogP contribution in [0, 0.1) is 0 Å². The number of hydrogen-bond donors (Lipinski definition) is 0. The second-order valence-corrected chi connectivity index (χ2v) is 3.85. The van der Waals surface area contributed by atoms with Gasteiger partial charge in [0.15, 0.2) is 5.76 Å². The predicted molar refractivity (Wildman–Crippen MR) is 65.7 cm³/mol. The van der Waals surface area contributed by atoms with E-state index in [4.69, 9.17) is 16.0 Å². The van der Waals surface area contributed by atoms with Gasteiger partial charge in [0.25, 0.3) is 5.24 Å². The van der Waals surface area contributed by atoms with Crippen LogP contribution in [-0.2, 0) is 4.74 Å². The van der Waals surface area contributed by atoms with E-state index in [2.05, 4.69) is 4.74 Å². The second-order valence-electron chi connectivity index (χ2n) is 3.51. The van der Waals surface area contributed by atoms with Crippen LogP contribution in [0.3, 0.4) is 0 Å². The fraction of sp³-hybridized carbons (Fsp3) is 0.0769. The first kappa shape index (κ1) is 12.4. The van der Waals surface area contributed by atoms with Crippen molar-refractivity contribution in [2.45, 2.75) is 0 Å². The molecular weight excluding hydrogens is 256 g/mol. The van der Waals surface area contributed by atoms with E-state index in [1.165, 1.54) is 13.2 Å². The van der Waals surface area contributed by atoms with Crippen LogP contribution in [0.25, 0.3) is 11.3 Å². The van der Waals surface area contributed by atoms with Gasteiger partial charge >= 0.3 is 5.97 Å². The van der Waals surface area contributed by atoms with Crippen molar-refractivity contribution in [3.63, 3.8) is 0 Å². The predicted octanol–water partition coefficient (Wildman–Crippen LogP) is 3.11. The molecule has 2 rings (SSSR count). The number of methoxy groups -OCH3 is 1. The third-order valence-corrected chi connectivity index (χ3v) is 2.58. The Labute approximate surface area is 108 Å². The normalized spacial score (nSPS) is 10.1. The van der Waals surface area contributed by atoms with Crippen LogP contribution in [-0.4, -0.2) is 18.3 Å². The molecule has 0 spiro atoms. The zero-order chi connectivity index (χ0) is 13.1. The number of esters is 1. The van der Waals surface area contributed by atoms with Gasteiger partial charge in [-0.05, 0) is 35.9 Å². The van der Waals surface area contributed by atoms with Crippen molar-refractivity contribution < 1.29 is 18.7 Å². The summed E-state index contributed by atoms with van der Waals surface area (Å²) in [6, 6.07) is 9.78. The molecule has 0 saturated heterocycles. The van der Waals surface area contributed by atoms with E-state index in [1.54, 1.807) is 30.3 Å². The Bertz CT molecular complexity index is 583. The average Bonchev–Trinajstić information content (AvgIpc) is 2.88. The van der Waals surface area contributed by atoms with Crippen molar-refractivity contribution in [2.24, 2.45) is 0 Å². The lowest BCUT2D eigenvalue weighted by molar-refractivity contribution is 0.0600. The molecule has 0 atom stereocenters. The minimum absolute atomic E-state index is 0.0868. The minimum atomic E-state index is -0.646. The summed E-state index contributed by atoms with van der Waals surface area (Å²) < 4.78 is 9.85. The summed E-state index contributed by atoms with van der Waals surface area (Å²) in [6.45, 7) is 0. The van der Waals surface area contributed by atoms with E-state index in [-0.39, 0.29) is 5.76 Å². The van der Waals surface area contributed by atoms with Gasteiger partial charge in [-0.2, -0.15) is 0 Å². The molecule has 0 fully saturated rings. The van der Waals surface area contributed by atoms with Gasteiger partial charge in [-0.25, -0.2) is 4.79 Å². The Kier molecular flexibility index (Phi) is 3.48. The summed E-state index contributed by atoms with van der Waals surface area (Å²) in [5, 5.41) is -0.646. The summed E-state index contributed by atoms with van der Waals surface area (Å²) >= 11 is 5.30. The number of carbonyl (C=O) groups is 2. The molecule has 0 bridgehead atoms. The monoisotopic (exact) mass is 264 g/mol. The number of benzene rings is 1. The summed E-state index contributed by atoms with van der Waals surface area (Å²) in [6.07, 6.45) is 0. The topological polar surface area (TPSA) is 56.5 Å². The molecule has 1 aromatic heterocycles. The van der Waals surface area contributed by atoms with Gasteiger partial charge in [0.2, 0.25) is 0 Å². The molecule has 0 N–H and O–H groups in total. The van der Waals surface area contributed by atoms with Crippen molar-refractivity contribution in [1.82, 2.24) is 0 Å². The Morgan fingerprint density at radius 3 is 2.28 bits per heavy atom. The maximum atomic E-state index is 11.2. The van der Waals surface area contributed by atoms with Gasteiger partial charge in [0.1, 0.15) is 5.76 Å². The lowest BCUT2D eigenvalue weighted by Gasteiger charge is -2.00. The molecule has 0 aliphatic heterocycles. The zero-order valence-electron chi connectivity index (χ0n) is 9.48. The summed E-state index contributed by atoms with van der Waals surface area (Å²) in [5.74, 6) is 0.191. The molecule has 92 valence electrons. The molecule has 0 aliphatic carbocycles. The highest BCUT2D eigenvalue weighted by Gasteiger charge is 2.10. The molecule has 1 heterocycles. The van der Waals surface area contributed by atoms with Crippen molar-refractivity contribution >= 4 is 22.8 Å². The Balaban J connectivity index is 2.28. The van der Waals surface area contributed by atoms with Gasteiger partial charge in [0.05, 0.1) is 12.7 Å². The number of rotatable bonds is 3. The molecule has 18 heavy (non-hydrogen) atoms. The molecule has 5 heteroatoms. The van der Waals surface area contributed by atoms with Crippen LogP contribution < -0.4 is 0 Å². The molecule has 1 aromatic carbocycles. The SMILES string of the molecule is COC(=O)c1ccc(-c2ccc(C(=O)Cl)o2)cc1. The summed E-state index contributed by atoms with van der Waals surface area (Å²) in [4.78, 5) is 22.1. The van der Waals surface area contributed by atoms with Crippen LogP contribution in [0.2, 0.25) is 0 Å². The Morgan fingerprint density at radius 1 is 1.11 bits per heavy atom. The largest absolute Gasteiger partial charge is 0.465 e. The van der Waals surface area contributed by atoms with Gasteiger partial charge in [-0.15, -0.1) is 0 Å². The number of hydrogen-bond acceptors (Lipinski definition) is 4. The Morgan fingerprint density at radius 2 is 1.78 bits per heavy atom. The highest BCUT2D eigenvalue weighted by atomic mass is 35.5. The fourth-order valence-corrected chi connectivity index (χ4v) is 1.59. The fourth-order valence-electron chi connectivity index (χ4n) is 1.49. The maximum Gasteiger partial charge on any atom is 0.337 e. The number of halogens is 1. The van der Waals surface area contributed by atoms with E-state index in [9.17, 15) is 9.59 Å². The van der Waals surface area contributed by atoms with Crippen molar-refractivity contribution in [1.29, 1.82) is 0 Å². The van der Waals surface area contributed by atoms with Gasteiger partial charge < -0.3 is 9.15 Å². The molecular formula is C13H9ClO4. The smallest absolute Gasteiger partial charge is 0.337 e. The first-order valence-electron chi connectivity index (χ1n) is 5.10. The first-order valence-corrected chi connectivity index (χ1v) is 5.48. The second kappa shape index (κ2) is 5.06. The minimum Gasteiger partial charge on any atom is -0.465 e. The molecule has 0 saturated carbocycles. The molecule has 2 aromatic rings. The lowest BCUT2D eigenvalue weighted by Crippen LogP contribution is -2.00. The van der Waals surface area contributed by atoms with E-state index in [0.717, 1.165) is 5.56 Å². The molecule has 0 radical (unpaired) electrons. The third-order valence-electron chi connectivity index (χ3n) is 2.39. The number of carbonyl (C=O) groups excluding carboxylic acids is 2. The highest BCUT2D eigenvalue weighted by Crippen LogP contribution is 2.23. The van der Waals surface area contributed by atoms with E-state index in [0.29, 0.717) is 11.3 Å². The molecule has 0 unspecified atom stereocenters. The first-order chi connectivity index (χ1) is 8.61. The van der Waals surface area contributed by atoms with Crippen LogP contribution in [0.5, 0.6) is 0 Å². The highest BCUT2D eigenvalue weighted by molar-refractivity contribution is 6.67. The molecule has 0 aliphatic rings. The maximum absolute atomic E-state index is 11.2. The third kappa shape index (κ3) is 2.43. The number of furan rings is 1. The summed E-state index contributed by atoms with van der Waals surface area (Å²) in [5.41, 5.74) is 1.19. The quantitative estimate of drug-likeness (QED) is 0.631. The Hall–Kier alpha value is -2.07. The number of ether oxygens (including phenoxy) is 1. The molecule has 0 amide bonds. The standard InChI is InChI=1S/C13H9ClO4/c1-17-13(16)9-4-2-8(3-5-9)10-6-7-11(18-10)12(14)15/h2-7H,1H3. The van der Waals surface area contributed by atoms with Crippen LogP contribution in [0.4, 0.5) is 0 Å². The van der Waals surface area contributed by atoms with Crippen LogP contribution in [0.1, 0.15) is 20.9 Å². The van der Waals surface area contributed by atoms with Gasteiger partial charge in [0, 0.05) is 5.56 Å². The van der Waals surface area contributed by atoms with E-state index < -0.39 is 11.2 Å². The van der Waals surface area contributed by atoms with Crippen LogP contribution in [0.15, 0.2) is 40.8 Å². The van der Waals surface area contributed by atoms with Crippen molar-refractivity contribution in [3.8, 4) is 11.3 Å². The van der Waals surface area contributed by atoms with Crippen molar-refractivity contribution in [3.05, 3.63) is 47.7 Å². The van der Waals surface area contributed by atoms with Gasteiger partial charge in [-0.3, -0.25) is 4.79 Å². The van der Waals surface area contributed by atoms with Crippen molar-refractivity contribution in [2.75, 3.05) is 7.11 Å².